The number of anilines is 1. The SMILES string of the molecule is NS(=O)(=O)c1cccc(Br)c1NCc1cnc(Cl)s1. The van der Waals surface area contributed by atoms with Crippen LogP contribution in [-0.2, 0) is 16.6 Å². The fraction of sp³-hybridized carbons (Fsp3) is 0.100. The van der Waals surface area contributed by atoms with Crippen LogP contribution in [0, 0.1) is 0 Å². The minimum absolute atomic E-state index is 0.0393. The number of hydrogen-bond donors (Lipinski definition) is 2. The van der Waals surface area contributed by atoms with Gasteiger partial charge >= 0.3 is 0 Å². The highest BCUT2D eigenvalue weighted by molar-refractivity contribution is 9.10. The lowest BCUT2D eigenvalue weighted by molar-refractivity contribution is 0.598. The van der Waals surface area contributed by atoms with E-state index in [1.54, 1.807) is 18.3 Å². The smallest absolute Gasteiger partial charge is 0.240 e. The molecular weight excluding hydrogens is 374 g/mol. The van der Waals surface area contributed by atoms with Gasteiger partial charge in [0.25, 0.3) is 0 Å². The summed E-state index contributed by atoms with van der Waals surface area (Å²) >= 11 is 10.4. The van der Waals surface area contributed by atoms with Crippen LogP contribution in [0.1, 0.15) is 4.88 Å². The molecule has 102 valence electrons. The Morgan fingerprint density at radius 2 is 2.21 bits per heavy atom. The third-order valence-corrected chi connectivity index (χ3v) is 4.98. The normalized spacial score (nSPS) is 11.5. The molecule has 0 spiro atoms. The highest BCUT2D eigenvalue weighted by Crippen LogP contribution is 2.30. The third kappa shape index (κ3) is 3.67. The number of rotatable bonds is 4. The van der Waals surface area contributed by atoms with Gasteiger partial charge in [0.2, 0.25) is 10.0 Å². The molecule has 0 bridgehead atoms. The van der Waals surface area contributed by atoms with Crippen molar-refractivity contribution in [1.82, 2.24) is 4.98 Å². The summed E-state index contributed by atoms with van der Waals surface area (Å²) in [5, 5.41) is 8.20. The van der Waals surface area contributed by atoms with E-state index in [1.165, 1.54) is 17.4 Å². The molecule has 0 aliphatic heterocycles. The Hall–Kier alpha value is -0.670. The van der Waals surface area contributed by atoms with Crippen LogP contribution in [0.25, 0.3) is 0 Å². The molecule has 0 aliphatic rings. The summed E-state index contributed by atoms with van der Waals surface area (Å²) in [4.78, 5) is 4.84. The van der Waals surface area contributed by atoms with E-state index in [1.807, 2.05) is 0 Å². The molecule has 0 saturated heterocycles. The van der Waals surface area contributed by atoms with Crippen molar-refractivity contribution in [2.75, 3.05) is 5.32 Å². The Balaban J connectivity index is 2.29. The first-order chi connectivity index (χ1) is 8.88. The summed E-state index contributed by atoms with van der Waals surface area (Å²) in [6, 6.07) is 4.79. The molecule has 9 heteroatoms. The van der Waals surface area contributed by atoms with Crippen molar-refractivity contribution in [3.63, 3.8) is 0 Å². The third-order valence-electron chi connectivity index (χ3n) is 2.25. The average Bonchev–Trinajstić information content (AvgIpc) is 2.72. The van der Waals surface area contributed by atoms with Gasteiger partial charge in [-0.2, -0.15) is 0 Å². The summed E-state index contributed by atoms with van der Waals surface area (Å²) in [7, 11) is -3.79. The minimum Gasteiger partial charge on any atom is -0.378 e. The predicted octanol–water partition coefficient (Wildman–Crippen LogP) is 2.82. The number of para-hydroxylation sites is 1. The Morgan fingerprint density at radius 3 is 2.79 bits per heavy atom. The number of nitrogens with one attached hydrogen (secondary N) is 1. The van der Waals surface area contributed by atoms with E-state index in [4.69, 9.17) is 16.7 Å². The molecule has 0 unspecified atom stereocenters. The second kappa shape index (κ2) is 5.76. The van der Waals surface area contributed by atoms with Gasteiger partial charge in [-0.15, -0.1) is 11.3 Å². The van der Waals surface area contributed by atoms with Crippen molar-refractivity contribution in [2.24, 2.45) is 5.14 Å². The second-order valence-corrected chi connectivity index (χ2v) is 7.67. The standard InChI is InChI=1S/C10H9BrClN3O2S2/c11-7-2-1-3-8(19(13,16)17)9(7)14-4-6-5-15-10(12)18-6/h1-3,5,14H,4H2,(H2,13,16,17). The van der Waals surface area contributed by atoms with Gasteiger partial charge < -0.3 is 5.32 Å². The lowest BCUT2D eigenvalue weighted by Gasteiger charge is -2.11. The molecule has 3 N–H and O–H groups in total. The monoisotopic (exact) mass is 381 g/mol. The highest BCUT2D eigenvalue weighted by Gasteiger charge is 2.16. The predicted molar refractivity (Wildman–Crippen MR) is 80.0 cm³/mol. The molecule has 1 aromatic heterocycles. The van der Waals surface area contributed by atoms with Crippen LogP contribution in [0.3, 0.4) is 0 Å². The quantitative estimate of drug-likeness (QED) is 0.851. The first kappa shape index (κ1) is 14.7. The number of sulfonamides is 1. The maximum Gasteiger partial charge on any atom is 0.240 e. The largest absolute Gasteiger partial charge is 0.378 e. The maximum atomic E-state index is 11.5. The van der Waals surface area contributed by atoms with Crippen LogP contribution < -0.4 is 10.5 Å². The van der Waals surface area contributed by atoms with Gasteiger partial charge in [-0.3, -0.25) is 0 Å². The van der Waals surface area contributed by atoms with Crippen LogP contribution >= 0.6 is 38.9 Å². The molecule has 2 rings (SSSR count). The zero-order valence-electron chi connectivity index (χ0n) is 9.43. The zero-order valence-corrected chi connectivity index (χ0v) is 13.4. The molecule has 1 heterocycles. The van der Waals surface area contributed by atoms with Gasteiger partial charge in [-0.25, -0.2) is 18.5 Å². The molecule has 0 radical (unpaired) electrons. The number of thiazole rings is 1. The maximum absolute atomic E-state index is 11.5. The molecule has 0 fully saturated rings. The van der Waals surface area contributed by atoms with Crippen LogP contribution in [0.5, 0.6) is 0 Å². The van der Waals surface area contributed by atoms with Crippen LogP contribution in [0.15, 0.2) is 33.8 Å². The van der Waals surface area contributed by atoms with Crippen molar-refractivity contribution >= 4 is 54.6 Å². The second-order valence-electron chi connectivity index (χ2n) is 3.59. The lowest BCUT2D eigenvalue weighted by Crippen LogP contribution is -2.15. The number of hydrogen-bond acceptors (Lipinski definition) is 5. The summed E-state index contributed by atoms with van der Waals surface area (Å²) in [5.41, 5.74) is 0.425. The van der Waals surface area contributed by atoms with Gasteiger partial charge in [-0.05, 0) is 28.1 Å². The van der Waals surface area contributed by atoms with E-state index in [9.17, 15) is 8.42 Å². The number of aromatic nitrogens is 1. The number of primary sulfonamides is 1. The minimum atomic E-state index is -3.79. The van der Waals surface area contributed by atoms with Gasteiger partial charge in [0.05, 0.1) is 12.2 Å². The van der Waals surface area contributed by atoms with Crippen LogP contribution in [0.2, 0.25) is 4.47 Å². The van der Waals surface area contributed by atoms with E-state index in [0.717, 1.165) is 4.88 Å². The van der Waals surface area contributed by atoms with Crippen molar-refractivity contribution < 1.29 is 8.42 Å². The first-order valence-corrected chi connectivity index (χ1v) is 8.56. The summed E-state index contributed by atoms with van der Waals surface area (Å²) < 4.78 is 24.1. The van der Waals surface area contributed by atoms with E-state index < -0.39 is 10.0 Å². The van der Waals surface area contributed by atoms with Gasteiger partial charge in [0.15, 0.2) is 4.47 Å². The van der Waals surface area contributed by atoms with E-state index >= 15 is 0 Å². The zero-order chi connectivity index (χ0) is 14.0. The van der Waals surface area contributed by atoms with Gasteiger partial charge in [0.1, 0.15) is 4.90 Å². The average molecular weight is 383 g/mol. The van der Waals surface area contributed by atoms with E-state index in [0.29, 0.717) is 21.2 Å². The fourth-order valence-electron chi connectivity index (χ4n) is 1.45. The number of nitrogens with two attached hydrogens (primary N) is 1. The first-order valence-electron chi connectivity index (χ1n) is 5.03. The van der Waals surface area contributed by atoms with Crippen LogP contribution in [-0.4, -0.2) is 13.4 Å². The highest BCUT2D eigenvalue weighted by atomic mass is 79.9. The molecule has 0 atom stereocenters. The summed E-state index contributed by atoms with van der Waals surface area (Å²) in [6.45, 7) is 0.412. The van der Waals surface area contributed by atoms with Crippen molar-refractivity contribution in [1.29, 1.82) is 0 Å². The van der Waals surface area contributed by atoms with Crippen molar-refractivity contribution in [3.8, 4) is 0 Å². The Labute approximate surface area is 128 Å². The van der Waals surface area contributed by atoms with E-state index in [-0.39, 0.29) is 4.90 Å². The van der Waals surface area contributed by atoms with Crippen molar-refractivity contribution in [2.45, 2.75) is 11.4 Å². The number of nitrogens with zero attached hydrogens (tertiary/aromatic N) is 1. The molecule has 0 saturated carbocycles. The molecular formula is C10H9BrClN3O2S2. The molecule has 1 aromatic carbocycles. The summed E-state index contributed by atoms with van der Waals surface area (Å²) in [6.07, 6.45) is 1.63. The molecule has 2 aromatic rings. The topological polar surface area (TPSA) is 85.1 Å². The van der Waals surface area contributed by atoms with Gasteiger partial charge in [-0.1, -0.05) is 17.7 Å². The Morgan fingerprint density at radius 1 is 1.47 bits per heavy atom. The summed E-state index contributed by atoms with van der Waals surface area (Å²) in [5.74, 6) is 0. The molecule has 19 heavy (non-hydrogen) atoms. The lowest BCUT2D eigenvalue weighted by atomic mass is 10.3. The fourth-order valence-corrected chi connectivity index (χ4v) is 3.74. The number of halogens is 2. The molecule has 0 amide bonds. The van der Waals surface area contributed by atoms with E-state index in [2.05, 4.69) is 26.2 Å². The van der Waals surface area contributed by atoms with Gasteiger partial charge in [0, 0.05) is 15.5 Å². The Kier molecular flexibility index (Phi) is 4.46. The molecule has 5 nitrogen and oxygen atoms in total. The van der Waals surface area contributed by atoms with Crippen LogP contribution in [0.4, 0.5) is 5.69 Å². The molecule has 0 aliphatic carbocycles. The van der Waals surface area contributed by atoms with Crippen molar-refractivity contribution in [3.05, 3.63) is 38.2 Å². The Bertz CT molecular complexity index is 703. The number of benzene rings is 1.